The third kappa shape index (κ3) is 5.22. The summed E-state index contributed by atoms with van der Waals surface area (Å²) in [6.45, 7) is 0.181. The molecule has 0 N–H and O–H groups in total. The molecule has 2 aromatic carbocycles. The van der Waals surface area contributed by atoms with Crippen LogP contribution in [0.4, 0.5) is 0 Å². The van der Waals surface area contributed by atoms with Gasteiger partial charge in [-0.3, -0.25) is 0 Å². The number of sulfonamides is 1. The fourth-order valence-corrected chi connectivity index (χ4v) is 3.14. The second-order valence-corrected chi connectivity index (χ2v) is 7.69. The minimum atomic E-state index is -3.57. The summed E-state index contributed by atoms with van der Waals surface area (Å²) in [5, 5.41) is 1.77. The van der Waals surface area contributed by atoms with E-state index in [0.29, 0.717) is 16.5 Å². The van der Waals surface area contributed by atoms with E-state index in [9.17, 15) is 8.42 Å². The first-order valence-electron chi connectivity index (χ1n) is 7.46. The van der Waals surface area contributed by atoms with Gasteiger partial charge in [0.1, 0.15) is 11.5 Å². The lowest BCUT2D eigenvalue weighted by Gasteiger charge is -2.17. The number of benzene rings is 2. The molecule has 25 heavy (non-hydrogen) atoms. The minimum Gasteiger partial charge on any atom is -0.497 e. The van der Waals surface area contributed by atoms with Crippen molar-refractivity contribution in [3.8, 4) is 11.5 Å². The fraction of sp³-hybridized carbons (Fsp3) is 0.222. The first kappa shape index (κ1) is 19.3. The van der Waals surface area contributed by atoms with Crippen LogP contribution in [0.5, 0.6) is 11.5 Å². The third-order valence-electron chi connectivity index (χ3n) is 3.62. The normalized spacial score (nSPS) is 11.9. The van der Waals surface area contributed by atoms with Crippen molar-refractivity contribution in [1.29, 1.82) is 0 Å². The predicted octanol–water partition coefficient (Wildman–Crippen LogP) is 3.79. The van der Waals surface area contributed by atoms with E-state index < -0.39 is 10.0 Å². The van der Waals surface area contributed by atoms with Crippen LogP contribution in [0.1, 0.15) is 11.1 Å². The molecule has 0 heterocycles. The number of methoxy groups -OCH3 is 2. The van der Waals surface area contributed by atoms with Crippen LogP contribution in [0, 0.1) is 0 Å². The van der Waals surface area contributed by atoms with Gasteiger partial charge in [-0.2, -0.15) is 4.31 Å². The first-order valence-corrected chi connectivity index (χ1v) is 9.34. The molecule has 134 valence electrons. The Balaban J connectivity index is 2.16. The van der Waals surface area contributed by atoms with Crippen molar-refractivity contribution < 1.29 is 17.9 Å². The summed E-state index contributed by atoms with van der Waals surface area (Å²) in [5.41, 5.74) is 1.50. The van der Waals surface area contributed by atoms with Gasteiger partial charge in [-0.15, -0.1) is 0 Å². The molecule has 0 spiro atoms. The van der Waals surface area contributed by atoms with Gasteiger partial charge in [0.2, 0.25) is 10.0 Å². The highest BCUT2D eigenvalue weighted by atomic mass is 35.5. The Kier molecular flexibility index (Phi) is 6.47. The van der Waals surface area contributed by atoms with Gasteiger partial charge in [-0.25, -0.2) is 8.42 Å². The Hall–Kier alpha value is -2.02. The van der Waals surface area contributed by atoms with Crippen molar-refractivity contribution in [2.45, 2.75) is 6.54 Å². The molecule has 2 aromatic rings. The monoisotopic (exact) mass is 381 g/mol. The maximum atomic E-state index is 12.4. The summed E-state index contributed by atoms with van der Waals surface area (Å²) >= 11 is 5.82. The number of nitrogens with zero attached hydrogens (tertiary/aromatic N) is 1. The van der Waals surface area contributed by atoms with Crippen molar-refractivity contribution in [2.24, 2.45) is 0 Å². The Morgan fingerprint density at radius 2 is 1.76 bits per heavy atom. The smallest absolute Gasteiger partial charge is 0.236 e. The van der Waals surface area contributed by atoms with Crippen molar-refractivity contribution in [3.63, 3.8) is 0 Å². The molecule has 0 aliphatic carbocycles. The molecule has 0 saturated carbocycles. The Morgan fingerprint density at radius 3 is 2.36 bits per heavy atom. The Morgan fingerprint density at radius 1 is 1.08 bits per heavy atom. The van der Waals surface area contributed by atoms with Crippen LogP contribution in [-0.2, 0) is 16.6 Å². The van der Waals surface area contributed by atoms with Crippen LogP contribution in [0.3, 0.4) is 0 Å². The highest BCUT2D eigenvalue weighted by molar-refractivity contribution is 7.92. The highest BCUT2D eigenvalue weighted by Crippen LogP contribution is 2.26. The van der Waals surface area contributed by atoms with E-state index in [1.54, 1.807) is 49.6 Å². The quantitative estimate of drug-likeness (QED) is 0.732. The number of halogens is 1. The zero-order chi connectivity index (χ0) is 18.4. The lowest BCUT2D eigenvalue weighted by Crippen LogP contribution is -2.24. The van der Waals surface area contributed by atoms with E-state index >= 15 is 0 Å². The second-order valence-electron chi connectivity index (χ2n) is 5.33. The zero-order valence-corrected chi connectivity index (χ0v) is 15.8. The molecule has 0 aliphatic heterocycles. The molecular formula is C18H20ClNO4S. The SMILES string of the molecule is COc1ccc(CN(C)S(=O)(=O)/C=C/c2ccc(Cl)cc2)c(OC)c1. The molecule has 0 unspecified atom stereocenters. The van der Waals surface area contributed by atoms with E-state index in [0.717, 1.165) is 11.1 Å². The molecule has 0 aliphatic rings. The molecule has 5 nitrogen and oxygen atoms in total. The molecule has 0 radical (unpaired) electrons. The van der Waals surface area contributed by atoms with Crippen molar-refractivity contribution in [2.75, 3.05) is 21.3 Å². The Labute approximate surface area is 153 Å². The lowest BCUT2D eigenvalue weighted by atomic mass is 10.2. The van der Waals surface area contributed by atoms with E-state index in [2.05, 4.69) is 0 Å². The van der Waals surface area contributed by atoms with Gasteiger partial charge in [0.15, 0.2) is 0 Å². The van der Waals surface area contributed by atoms with E-state index in [1.165, 1.54) is 29.9 Å². The molecule has 0 atom stereocenters. The maximum absolute atomic E-state index is 12.4. The largest absolute Gasteiger partial charge is 0.497 e. The van der Waals surface area contributed by atoms with E-state index in [-0.39, 0.29) is 6.54 Å². The number of ether oxygens (including phenoxy) is 2. The topological polar surface area (TPSA) is 55.8 Å². The summed E-state index contributed by atoms with van der Waals surface area (Å²) in [6, 6.07) is 12.2. The van der Waals surface area contributed by atoms with Gasteiger partial charge in [0.25, 0.3) is 0 Å². The van der Waals surface area contributed by atoms with E-state index in [1.807, 2.05) is 0 Å². The van der Waals surface area contributed by atoms with Gasteiger partial charge < -0.3 is 9.47 Å². The summed E-state index contributed by atoms with van der Waals surface area (Å²) in [4.78, 5) is 0. The molecule has 2 rings (SSSR count). The molecular weight excluding hydrogens is 362 g/mol. The molecule has 0 bridgehead atoms. The van der Waals surface area contributed by atoms with Gasteiger partial charge >= 0.3 is 0 Å². The van der Waals surface area contributed by atoms with Crippen LogP contribution in [0.15, 0.2) is 47.9 Å². The first-order chi connectivity index (χ1) is 11.9. The molecule has 0 amide bonds. The van der Waals surface area contributed by atoms with E-state index in [4.69, 9.17) is 21.1 Å². The second kappa shape index (κ2) is 8.38. The molecule has 0 aromatic heterocycles. The number of hydrogen-bond donors (Lipinski definition) is 0. The fourth-order valence-electron chi connectivity index (χ4n) is 2.15. The zero-order valence-electron chi connectivity index (χ0n) is 14.3. The Bertz CT molecular complexity index is 848. The summed E-state index contributed by atoms with van der Waals surface area (Å²) < 4.78 is 36.6. The van der Waals surface area contributed by atoms with Crippen molar-refractivity contribution in [3.05, 3.63) is 64.0 Å². The average Bonchev–Trinajstić information content (AvgIpc) is 2.61. The summed E-state index contributed by atoms with van der Waals surface area (Å²) in [6.07, 6.45) is 1.54. The van der Waals surface area contributed by atoms with Crippen LogP contribution in [0.2, 0.25) is 5.02 Å². The minimum absolute atomic E-state index is 0.181. The average molecular weight is 382 g/mol. The van der Waals surface area contributed by atoms with Crippen LogP contribution < -0.4 is 9.47 Å². The summed E-state index contributed by atoms with van der Waals surface area (Å²) in [7, 11) is 1.04. The molecule has 0 fully saturated rings. The van der Waals surface area contributed by atoms with Crippen molar-refractivity contribution in [1.82, 2.24) is 4.31 Å². The van der Waals surface area contributed by atoms with Crippen LogP contribution in [0.25, 0.3) is 6.08 Å². The maximum Gasteiger partial charge on any atom is 0.236 e. The molecule has 0 saturated heterocycles. The van der Waals surface area contributed by atoms with Gasteiger partial charge in [-0.1, -0.05) is 29.8 Å². The number of hydrogen-bond acceptors (Lipinski definition) is 4. The summed E-state index contributed by atoms with van der Waals surface area (Å²) in [5.74, 6) is 1.22. The third-order valence-corrected chi connectivity index (χ3v) is 5.35. The molecule has 7 heteroatoms. The van der Waals surface area contributed by atoms with Crippen LogP contribution in [-0.4, -0.2) is 34.0 Å². The predicted molar refractivity (Wildman–Crippen MR) is 100 cm³/mol. The van der Waals surface area contributed by atoms with Crippen LogP contribution >= 0.6 is 11.6 Å². The highest BCUT2D eigenvalue weighted by Gasteiger charge is 2.17. The number of rotatable bonds is 7. The van der Waals surface area contributed by atoms with Gasteiger partial charge in [-0.05, 0) is 29.8 Å². The lowest BCUT2D eigenvalue weighted by molar-refractivity contribution is 0.384. The van der Waals surface area contributed by atoms with Gasteiger partial charge in [0.05, 0.1) is 14.2 Å². The van der Waals surface area contributed by atoms with Gasteiger partial charge in [0, 0.05) is 35.7 Å². The van der Waals surface area contributed by atoms with Crippen molar-refractivity contribution >= 4 is 27.7 Å². The standard InChI is InChI=1S/C18H20ClNO4S/c1-20(13-15-6-9-17(23-2)12-18(15)24-3)25(21,22)11-10-14-4-7-16(19)8-5-14/h4-12H,13H2,1-3H3/b11-10+.